The maximum absolute atomic E-state index is 13.2. The Bertz CT molecular complexity index is 928. The average molecular weight is 438 g/mol. The third-order valence-corrected chi connectivity index (χ3v) is 4.69. The molecule has 1 atom stereocenters. The number of carbonyl (C=O) groups excluding carboxylic acids is 1. The van der Waals surface area contributed by atoms with E-state index in [0.717, 1.165) is 24.1 Å². The Morgan fingerprint density at radius 3 is 2.45 bits per heavy atom. The van der Waals surface area contributed by atoms with E-state index in [1.54, 1.807) is 18.2 Å². The second kappa shape index (κ2) is 10.8. The third-order valence-electron chi connectivity index (χ3n) is 4.69. The van der Waals surface area contributed by atoms with E-state index in [9.17, 15) is 22.4 Å². The van der Waals surface area contributed by atoms with Crippen molar-refractivity contribution in [2.45, 2.75) is 45.6 Å². The van der Waals surface area contributed by atoms with Crippen LogP contribution in [0, 0.1) is 5.82 Å². The number of nitrogens with one attached hydrogen (secondary N) is 3. The van der Waals surface area contributed by atoms with Gasteiger partial charge in [0.1, 0.15) is 5.82 Å². The number of nitrogens with zero attached hydrogens (tertiary/aromatic N) is 1. The molecule has 5 nitrogen and oxygen atoms in total. The zero-order chi connectivity index (χ0) is 23.0. The molecule has 1 unspecified atom stereocenters. The maximum atomic E-state index is 13.2. The molecule has 0 spiro atoms. The Balaban J connectivity index is 2.00. The van der Waals surface area contributed by atoms with Gasteiger partial charge < -0.3 is 16.0 Å². The quantitative estimate of drug-likeness (QED) is 0.344. The predicted octanol–water partition coefficient (Wildman–Crippen LogP) is 4.24. The largest absolute Gasteiger partial charge is 0.416 e. The number of amides is 1. The summed E-state index contributed by atoms with van der Waals surface area (Å²) in [5.74, 6) is -0.850. The number of alkyl halides is 3. The third kappa shape index (κ3) is 7.27. The fraction of sp³-hybridized carbons (Fsp3) is 0.364. The van der Waals surface area contributed by atoms with Gasteiger partial charge in [-0.2, -0.15) is 13.2 Å². The van der Waals surface area contributed by atoms with Gasteiger partial charge in [-0.15, -0.1) is 0 Å². The molecule has 0 aliphatic rings. The highest BCUT2D eigenvalue weighted by molar-refractivity contribution is 5.94. The second-order valence-corrected chi connectivity index (χ2v) is 7.06. The minimum atomic E-state index is -4.66. The molecule has 168 valence electrons. The van der Waals surface area contributed by atoms with E-state index < -0.39 is 17.6 Å². The lowest BCUT2D eigenvalue weighted by molar-refractivity contribution is -0.138. The van der Waals surface area contributed by atoms with Crippen LogP contribution in [0.5, 0.6) is 0 Å². The first-order valence-electron chi connectivity index (χ1n) is 9.84. The molecule has 0 saturated carbocycles. The van der Waals surface area contributed by atoms with Crippen molar-refractivity contribution in [1.82, 2.24) is 16.0 Å². The molecule has 0 aliphatic carbocycles. The van der Waals surface area contributed by atoms with Gasteiger partial charge in [0.2, 0.25) is 0 Å². The van der Waals surface area contributed by atoms with Crippen LogP contribution in [0.3, 0.4) is 0 Å². The van der Waals surface area contributed by atoms with Gasteiger partial charge in [-0.3, -0.25) is 9.79 Å². The number of aliphatic imine (C=N–C) groups is 1. The fourth-order valence-electron chi connectivity index (χ4n) is 2.78. The van der Waals surface area contributed by atoms with Crippen LogP contribution in [0.15, 0.2) is 47.5 Å². The van der Waals surface area contributed by atoms with E-state index in [0.29, 0.717) is 18.2 Å². The summed E-state index contributed by atoms with van der Waals surface area (Å²) in [7, 11) is 1.49. The van der Waals surface area contributed by atoms with E-state index in [2.05, 4.69) is 20.9 Å². The van der Waals surface area contributed by atoms with Crippen LogP contribution in [0.1, 0.15) is 47.3 Å². The molecule has 2 aromatic carbocycles. The van der Waals surface area contributed by atoms with E-state index in [1.807, 2.05) is 19.9 Å². The Morgan fingerprint density at radius 2 is 1.81 bits per heavy atom. The lowest BCUT2D eigenvalue weighted by Gasteiger charge is -2.16. The van der Waals surface area contributed by atoms with Crippen molar-refractivity contribution < 1.29 is 22.4 Å². The first kappa shape index (κ1) is 24.2. The van der Waals surface area contributed by atoms with Gasteiger partial charge >= 0.3 is 6.18 Å². The lowest BCUT2D eigenvalue weighted by atomic mass is 10.1. The van der Waals surface area contributed by atoms with Crippen molar-refractivity contribution in [2.75, 3.05) is 7.05 Å². The number of hydrogen-bond acceptors (Lipinski definition) is 2. The highest BCUT2D eigenvalue weighted by atomic mass is 19.4. The van der Waals surface area contributed by atoms with Crippen LogP contribution in [0.2, 0.25) is 0 Å². The molecule has 0 aromatic heterocycles. The number of carbonyl (C=O) groups is 1. The minimum absolute atomic E-state index is 0.0605. The highest BCUT2D eigenvalue weighted by Gasteiger charge is 2.33. The molecular weight excluding hydrogens is 412 g/mol. The van der Waals surface area contributed by atoms with Crippen molar-refractivity contribution >= 4 is 11.9 Å². The van der Waals surface area contributed by atoms with Crippen molar-refractivity contribution in [1.29, 1.82) is 0 Å². The summed E-state index contributed by atoms with van der Waals surface area (Å²) in [5, 5.41) is 8.69. The molecule has 31 heavy (non-hydrogen) atoms. The van der Waals surface area contributed by atoms with Crippen LogP contribution >= 0.6 is 0 Å². The molecule has 1 amide bonds. The molecule has 3 N–H and O–H groups in total. The Morgan fingerprint density at radius 1 is 1.10 bits per heavy atom. The zero-order valence-electron chi connectivity index (χ0n) is 17.6. The maximum Gasteiger partial charge on any atom is 0.416 e. The summed E-state index contributed by atoms with van der Waals surface area (Å²) in [5.41, 5.74) is 0.192. The Kier molecular flexibility index (Phi) is 8.41. The van der Waals surface area contributed by atoms with E-state index in [4.69, 9.17) is 0 Å². The Labute approximate surface area is 179 Å². The molecule has 0 fully saturated rings. The summed E-state index contributed by atoms with van der Waals surface area (Å²) in [4.78, 5) is 16.3. The van der Waals surface area contributed by atoms with E-state index in [-0.39, 0.29) is 30.0 Å². The van der Waals surface area contributed by atoms with Gasteiger partial charge in [0.25, 0.3) is 5.91 Å². The van der Waals surface area contributed by atoms with E-state index >= 15 is 0 Å². The minimum Gasteiger partial charge on any atom is -0.352 e. The number of hydrogen-bond donors (Lipinski definition) is 3. The summed E-state index contributed by atoms with van der Waals surface area (Å²) >= 11 is 0. The monoisotopic (exact) mass is 438 g/mol. The van der Waals surface area contributed by atoms with Gasteiger partial charge in [-0.05, 0) is 48.7 Å². The molecule has 0 saturated heterocycles. The molecule has 9 heteroatoms. The number of benzene rings is 2. The molecule has 2 aromatic rings. The van der Waals surface area contributed by atoms with E-state index in [1.165, 1.54) is 7.05 Å². The normalized spacial score (nSPS) is 12.9. The van der Waals surface area contributed by atoms with Crippen molar-refractivity contribution in [2.24, 2.45) is 4.99 Å². The van der Waals surface area contributed by atoms with Gasteiger partial charge in [0.15, 0.2) is 5.96 Å². The first-order valence-corrected chi connectivity index (χ1v) is 9.84. The SMILES string of the molecule is CCC(C)NC(=O)c1cccc(CNC(=NC)NCc2ccc(F)cc2C(F)(F)F)c1. The highest BCUT2D eigenvalue weighted by Crippen LogP contribution is 2.32. The van der Waals surface area contributed by atoms with Crippen LogP contribution in [-0.4, -0.2) is 25.0 Å². The average Bonchev–Trinajstić information content (AvgIpc) is 2.74. The number of halogens is 4. The van der Waals surface area contributed by atoms with Crippen LogP contribution in [-0.2, 0) is 19.3 Å². The van der Waals surface area contributed by atoms with Crippen LogP contribution < -0.4 is 16.0 Å². The number of rotatable bonds is 7. The fourth-order valence-corrected chi connectivity index (χ4v) is 2.78. The summed E-state index contributed by atoms with van der Waals surface area (Å²) in [6.45, 7) is 4.02. The van der Waals surface area contributed by atoms with Crippen molar-refractivity contribution in [3.63, 3.8) is 0 Å². The molecular formula is C22H26F4N4O. The van der Waals surface area contributed by atoms with Crippen molar-refractivity contribution in [3.8, 4) is 0 Å². The van der Waals surface area contributed by atoms with Crippen LogP contribution in [0.25, 0.3) is 0 Å². The Hall–Kier alpha value is -3.10. The molecule has 2 rings (SSSR count). The zero-order valence-corrected chi connectivity index (χ0v) is 17.6. The van der Waals surface area contributed by atoms with Crippen molar-refractivity contribution in [3.05, 3.63) is 70.5 Å². The number of guanidine groups is 1. The molecule has 0 aliphatic heterocycles. The molecule has 0 radical (unpaired) electrons. The van der Waals surface area contributed by atoms with Crippen LogP contribution in [0.4, 0.5) is 17.6 Å². The standard InChI is InChI=1S/C22H26F4N4O/c1-4-14(2)30-20(31)16-7-5-6-15(10-16)12-28-21(27-3)29-13-17-8-9-18(23)11-19(17)22(24,25)26/h5-11,14H,4,12-13H2,1-3H3,(H,30,31)(H2,27,28,29). The topological polar surface area (TPSA) is 65.5 Å². The van der Waals surface area contributed by atoms with Gasteiger partial charge in [0.05, 0.1) is 5.56 Å². The summed E-state index contributed by atoms with van der Waals surface area (Å²) < 4.78 is 52.7. The molecule has 0 bridgehead atoms. The molecule has 0 heterocycles. The van der Waals surface area contributed by atoms with Gasteiger partial charge in [0, 0.05) is 31.7 Å². The lowest BCUT2D eigenvalue weighted by Crippen LogP contribution is -2.37. The first-order chi connectivity index (χ1) is 14.6. The summed E-state index contributed by atoms with van der Waals surface area (Å²) in [6.07, 6.45) is -3.84. The second-order valence-electron chi connectivity index (χ2n) is 7.06. The predicted molar refractivity (Wildman–Crippen MR) is 112 cm³/mol. The summed E-state index contributed by atoms with van der Waals surface area (Å²) in [6, 6.07) is 9.64. The van der Waals surface area contributed by atoms with Gasteiger partial charge in [-0.25, -0.2) is 4.39 Å². The van der Waals surface area contributed by atoms with Gasteiger partial charge in [-0.1, -0.05) is 25.1 Å². The smallest absolute Gasteiger partial charge is 0.352 e.